The van der Waals surface area contributed by atoms with Gasteiger partial charge in [-0.15, -0.1) is 0 Å². The number of hydrogen-bond acceptors (Lipinski definition) is 4. The molecule has 1 aliphatic rings. The second-order valence-electron chi connectivity index (χ2n) is 5.85. The molecule has 2 heterocycles. The fraction of sp³-hybridized carbons (Fsp3) is 0.235. The molecule has 1 unspecified atom stereocenters. The number of benzene rings is 1. The van der Waals surface area contributed by atoms with Gasteiger partial charge < -0.3 is 5.73 Å². The third-order valence-electron chi connectivity index (χ3n) is 4.10. The molecule has 23 heavy (non-hydrogen) atoms. The Bertz CT molecular complexity index is 805. The minimum atomic E-state index is -0.650. The van der Waals surface area contributed by atoms with E-state index in [9.17, 15) is 4.79 Å². The van der Waals surface area contributed by atoms with E-state index in [1.165, 1.54) is 4.90 Å². The first-order valence-electron chi connectivity index (χ1n) is 7.22. The third kappa shape index (κ3) is 2.99. The highest BCUT2D eigenvalue weighted by Crippen LogP contribution is 2.35. The van der Waals surface area contributed by atoms with Gasteiger partial charge in [0.05, 0.1) is 12.0 Å². The van der Waals surface area contributed by atoms with E-state index in [-0.39, 0.29) is 11.9 Å². The second-order valence-corrected chi connectivity index (χ2v) is 6.76. The highest BCUT2D eigenvalue weighted by atomic mass is 79.9. The number of amides is 1. The monoisotopic (exact) mass is 372 g/mol. The fourth-order valence-electron chi connectivity index (χ4n) is 2.68. The van der Waals surface area contributed by atoms with Gasteiger partial charge in [0.2, 0.25) is 5.91 Å². The number of hydrogen-bond donors (Lipinski definition) is 1. The van der Waals surface area contributed by atoms with Crippen LogP contribution in [-0.2, 0) is 10.3 Å². The molecule has 0 bridgehead atoms. The lowest BCUT2D eigenvalue weighted by atomic mass is 9.86. The zero-order valence-corrected chi connectivity index (χ0v) is 14.5. The van der Waals surface area contributed by atoms with Crippen LogP contribution in [0, 0.1) is 0 Å². The van der Waals surface area contributed by atoms with Crippen LogP contribution in [0.5, 0.6) is 0 Å². The summed E-state index contributed by atoms with van der Waals surface area (Å²) < 4.78 is 0.920. The number of carbonyl (C=O) groups excluding carboxylic acids is 1. The average molecular weight is 373 g/mol. The fourth-order valence-corrected chi connectivity index (χ4v) is 3.04. The second kappa shape index (κ2) is 5.77. The Morgan fingerprint density at radius 2 is 2.04 bits per heavy atom. The van der Waals surface area contributed by atoms with E-state index in [0.29, 0.717) is 6.42 Å². The van der Waals surface area contributed by atoms with Crippen LogP contribution in [0.15, 0.2) is 52.2 Å². The van der Waals surface area contributed by atoms with Crippen molar-refractivity contribution in [1.29, 1.82) is 0 Å². The van der Waals surface area contributed by atoms with Crippen molar-refractivity contribution in [3.05, 3.63) is 52.8 Å². The Hall–Kier alpha value is -2.21. The van der Waals surface area contributed by atoms with Gasteiger partial charge in [-0.3, -0.25) is 14.7 Å². The number of guanidine groups is 1. The van der Waals surface area contributed by atoms with Crippen molar-refractivity contribution in [2.45, 2.75) is 18.9 Å². The minimum absolute atomic E-state index is 0.0328. The number of carbonyl (C=O) groups is 1. The first kappa shape index (κ1) is 15.7. The van der Waals surface area contributed by atoms with Gasteiger partial charge in [0, 0.05) is 29.5 Å². The number of pyridine rings is 1. The molecule has 118 valence electrons. The summed E-state index contributed by atoms with van der Waals surface area (Å²) in [5.74, 6) is 0.216. The minimum Gasteiger partial charge on any atom is -0.369 e. The number of nitrogens with two attached hydrogens (primary N) is 1. The maximum absolute atomic E-state index is 12.1. The van der Waals surface area contributed by atoms with Crippen molar-refractivity contribution in [3.63, 3.8) is 0 Å². The molecule has 3 rings (SSSR count). The van der Waals surface area contributed by atoms with Crippen LogP contribution in [-0.4, -0.2) is 28.8 Å². The van der Waals surface area contributed by atoms with E-state index < -0.39 is 5.54 Å². The number of rotatable bonds is 2. The van der Waals surface area contributed by atoms with Crippen molar-refractivity contribution in [2.75, 3.05) is 7.05 Å². The Morgan fingerprint density at radius 1 is 1.26 bits per heavy atom. The predicted molar refractivity (Wildman–Crippen MR) is 93.7 cm³/mol. The molecule has 1 aliphatic heterocycles. The van der Waals surface area contributed by atoms with E-state index in [1.54, 1.807) is 13.2 Å². The van der Waals surface area contributed by atoms with Gasteiger partial charge >= 0.3 is 0 Å². The quantitative estimate of drug-likeness (QED) is 0.880. The van der Waals surface area contributed by atoms with E-state index in [4.69, 9.17) is 5.73 Å². The maximum Gasteiger partial charge on any atom is 0.231 e. The molecule has 2 N–H and O–H groups in total. The Morgan fingerprint density at radius 3 is 2.74 bits per heavy atom. The van der Waals surface area contributed by atoms with Crippen molar-refractivity contribution in [1.82, 2.24) is 9.88 Å². The van der Waals surface area contributed by atoms with Crippen LogP contribution < -0.4 is 5.73 Å². The van der Waals surface area contributed by atoms with Gasteiger partial charge in [-0.05, 0) is 46.1 Å². The van der Waals surface area contributed by atoms with Gasteiger partial charge in [-0.25, -0.2) is 4.99 Å². The summed E-state index contributed by atoms with van der Waals surface area (Å²) in [4.78, 5) is 22.3. The topological polar surface area (TPSA) is 71.6 Å². The van der Waals surface area contributed by atoms with Crippen molar-refractivity contribution < 1.29 is 4.79 Å². The molecule has 0 aliphatic carbocycles. The number of aromatic nitrogens is 1. The lowest BCUT2D eigenvalue weighted by Crippen LogP contribution is -2.47. The molecule has 0 fully saturated rings. The lowest BCUT2D eigenvalue weighted by Gasteiger charge is -2.33. The summed E-state index contributed by atoms with van der Waals surface area (Å²) in [6.07, 6.45) is 3.85. The SMILES string of the molecule is CN1C(=O)CC(C)(c2cccc(-c3cncc(Br)c3)c2)N=C1N. The molecule has 6 heteroatoms. The van der Waals surface area contributed by atoms with Crippen molar-refractivity contribution >= 4 is 27.8 Å². The highest BCUT2D eigenvalue weighted by Gasteiger charge is 2.36. The van der Waals surface area contributed by atoms with Crippen LogP contribution in [0.1, 0.15) is 18.9 Å². The zero-order valence-electron chi connectivity index (χ0n) is 13.0. The summed E-state index contributed by atoms with van der Waals surface area (Å²) >= 11 is 3.44. The largest absolute Gasteiger partial charge is 0.369 e. The molecule has 0 radical (unpaired) electrons. The number of aliphatic imine (C=N–C) groups is 1. The van der Waals surface area contributed by atoms with E-state index in [1.807, 2.05) is 43.5 Å². The Balaban J connectivity index is 2.05. The normalized spacial score (nSPS) is 21.3. The summed E-state index contributed by atoms with van der Waals surface area (Å²) in [6, 6.07) is 10.0. The van der Waals surface area contributed by atoms with Crippen LogP contribution in [0.4, 0.5) is 0 Å². The third-order valence-corrected chi connectivity index (χ3v) is 4.53. The molecule has 1 atom stereocenters. The highest BCUT2D eigenvalue weighted by molar-refractivity contribution is 9.10. The van der Waals surface area contributed by atoms with Gasteiger partial charge in [-0.2, -0.15) is 0 Å². The molecule has 1 aromatic carbocycles. The maximum atomic E-state index is 12.1. The number of nitrogens with zero attached hydrogens (tertiary/aromatic N) is 3. The van der Waals surface area contributed by atoms with Crippen LogP contribution in [0.3, 0.4) is 0 Å². The van der Waals surface area contributed by atoms with Crippen molar-refractivity contribution in [3.8, 4) is 11.1 Å². The van der Waals surface area contributed by atoms with E-state index in [0.717, 1.165) is 21.2 Å². The first-order valence-corrected chi connectivity index (χ1v) is 8.02. The van der Waals surface area contributed by atoms with E-state index in [2.05, 4.69) is 25.9 Å². The van der Waals surface area contributed by atoms with Gasteiger partial charge in [0.1, 0.15) is 0 Å². The molecule has 0 saturated heterocycles. The average Bonchev–Trinajstić information content (AvgIpc) is 2.53. The molecule has 2 aromatic rings. The van der Waals surface area contributed by atoms with Crippen LogP contribution >= 0.6 is 15.9 Å². The molecule has 0 spiro atoms. The molecular formula is C17H17BrN4O. The number of halogens is 1. The molecular weight excluding hydrogens is 356 g/mol. The predicted octanol–water partition coefficient (Wildman–Crippen LogP) is 2.90. The molecule has 5 nitrogen and oxygen atoms in total. The first-order chi connectivity index (χ1) is 10.9. The molecule has 0 saturated carbocycles. The summed E-state index contributed by atoms with van der Waals surface area (Å²) in [7, 11) is 1.64. The Kier molecular flexibility index (Phi) is 3.93. The van der Waals surface area contributed by atoms with E-state index >= 15 is 0 Å². The Labute approximate surface area is 143 Å². The molecule has 1 aromatic heterocycles. The summed E-state index contributed by atoms with van der Waals surface area (Å²) in [5, 5.41) is 0. The van der Waals surface area contributed by atoms with Crippen LogP contribution in [0.25, 0.3) is 11.1 Å². The summed E-state index contributed by atoms with van der Waals surface area (Å²) in [5.41, 5.74) is 8.22. The van der Waals surface area contributed by atoms with Crippen molar-refractivity contribution in [2.24, 2.45) is 10.7 Å². The zero-order chi connectivity index (χ0) is 16.6. The smallest absolute Gasteiger partial charge is 0.231 e. The van der Waals surface area contributed by atoms with Gasteiger partial charge in [-0.1, -0.05) is 18.2 Å². The van der Waals surface area contributed by atoms with Gasteiger partial charge in [0.25, 0.3) is 0 Å². The van der Waals surface area contributed by atoms with Gasteiger partial charge in [0.15, 0.2) is 5.96 Å². The standard InChI is InChI=1S/C17H17BrN4O/c1-17(8-15(23)22(2)16(19)21-17)13-5-3-4-11(6-13)12-7-14(18)10-20-9-12/h3-7,9-10H,8H2,1-2H3,(H2,19,21). The van der Waals surface area contributed by atoms with Crippen LogP contribution in [0.2, 0.25) is 0 Å². The molecule has 1 amide bonds. The lowest BCUT2D eigenvalue weighted by molar-refractivity contribution is -0.128. The summed E-state index contributed by atoms with van der Waals surface area (Å²) in [6.45, 7) is 1.93.